The van der Waals surface area contributed by atoms with Crippen molar-refractivity contribution in [3.8, 4) is 0 Å². The van der Waals surface area contributed by atoms with Crippen LogP contribution in [0.3, 0.4) is 0 Å². The lowest BCUT2D eigenvalue weighted by atomic mass is 9.84. The topological polar surface area (TPSA) is 82.2 Å². The molecule has 1 unspecified atom stereocenters. The quantitative estimate of drug-likeness (QED) is 0.748. The fourth-order valence-corrected chi connectivity index (χ4v) is 1.77. The Bertz CT molecular complexity index is 404. The molecule has 0 fully saturated rings. The van der Waals surface area contributed by atoms with Crippen LogP contribution in [0.4, 0.5) is 0 Å². The minimum absolute atomic E-state index is 0.0831. The summed E-state index contributed by atoms with van der Waals surface area (Å²) in [4.78, 5) is 25.6. The van der Waals surface area contributed by atoms with Crippen molar-refractivity contribution in [3.63, 3.8) is 0 Å². The Morgan fingerprint density at radius 3 is 2.56 bits per heavy atom. The molecule has 0 aromatic carbocycles. The van der Waals surface area contributed by atoms with Gasteiger partial charge in [-0.2, -0.15) is 0 Å². The molecule has 1 aromatic heterocycles. The van der Waals surface area contributed by atoms with Gasteiger partial charge in [0.25, 0.3) is 5.91 Å². The monoisotopic (exact) mass is 252 g/mol. The molecule has 0 radical (unpaired) electrons. The Morgan fingerprint density at radius 1 is 1.44 bits per heavy atom. The van der Waals surface area contributed by atoms with Crippen molar-refractivity contribution in [1.29, 1.82) is 0 Å². The van der Waals surface area contributed by atoms with Gasteiger partial charge in [-0.3, -0.25) is 9.59 Å². The number of aromatic nitrogens is 1. The zero-order valence-corrected chi connectivity index (χ0v) is 11.0. The minimum atomic E-state index is -0.878. The molecule has 100 valence electrons. The predicted octanol–water partition coefficient (Wildman–Crippen LogP) is 1.88. The maximum atomic E-state index is 11.7. The average Bonchev–Trinajstić information content (AvgIpc) is 2.75. The van der Waals surface area contributed by atoms with E-state index >= 15 is 0 Å². The number of carbonyl (C=O) groups is 2. The number of carboxylic acids is 1. The van der Waals surface area contributed by atoms with Gasteiger partial charge in [0.05, 0.1) is 5.92 Å². The van der Waals surface area contributed by atoms with E-state index in [0.29, 0.717) is 12.1 Å². The van der Waals surface area contributed by atoms with Gasteiger partial charge in [0, 0.05) is 12.7 Å². The van der Waals surface area contributed by atoms with Gasteiger partial charge in [-0.05, 0) is 24.0 Å². The third kappa shape index (κ3) is 4.61. The number of amides is 1. The molecule has 0 saturated heterocycles. The van der Waals surface area contributed by atoms with Crippen LogP contribution >= 0.6 is 0 Å². The smallest absolute Gasteiger partial charge is 0.308 e. The van der Waals surface area contributed by atoms with Gasteiger partial charge in [0.2, 0.25) is 0 Å². The highest BCUT2D eigenvalue weighted by molar-refractivity contribution is 5.92. The summed E-state index contributed by atoms with van der Waals surface area (Å²) in [6.07, 6.45) is 2.17. The molecular formula is C13H20N2O3. The van der Waals surface area contributed by atoms with E-state index in [2.05, 4.69) is 10.3 Å². The maximum Gasteiger partial charge on any atom is 0.308 e. The molecule has 18 heavy (non-hydrogen) atoms. The van der Waals surface area contributed by atoms with Gasteiger partial charge < -0.3 is 15.4 Å². The lowest BCUT2D eigenvalue weighted by Crippen LogP contribution is -2.35. The van der Waals surface area contributed by atoms with E-state index < -0.39 is 11.9 Å². The minimum Gasteiger partial charge on any atom is -0.481 e. The van der Waals surface area contributed by atoms with E-state index in [-0.39, 0.29) is 17.9 Å². The third-order valence-corrected chi connectivity index (χ3v) is 2.56. The van der Waals surface area contributed by atoms with Crippen LogP contribution in [0.25, 0.3) is 0 Å². The van der Waals surface area contributed by atoms with Crippen LogP contribution in [-0.2, 0) is 4.79 Å². The molecule has 5 nitrogen and oxygen atoms in total. The van der Waals surface area contributed by atoms with E-state index in [1.165, 1.54) is 0 Å². The van der Waals surface area contributed by atoms with Crippen LogP contribution in [0.5, 0.6) is 0 Å². The van der Waals surface area contributed by atoms with Crippen molar-refractivity contribution in [2.75, 3.05) is 6.54 Å². The number of carboxylic acid groups (broad SMARTS) is 1. The fourth-order valence-electron chi connectivity index (χ4n) is 1.77. The van der Waals surface area contributed by atoms with Gasteiger partial charge in [-0.15, -0.1) is 0 Å². The van der Waals surface area contributed by atoms with E-state index in [9.17, 15) is 9.59 Å². The first-order valence-corrected chi connectivity index (χ1v) is 5.94. The van der Waals surface area contributed by atoms with Crippen LogP contribution < -0.4 is 5.32 Å². The van der Waals surface area contributed by atoms with Gasteiger partial charge >= 0.3 is 5.97 Å². The molecule has 1 amide bonds. The number of carbonyl (C=O) groups excluding carboxylic acids is 1. The predicted molar refractivity (Wildman–Crippen MR) is 68.3 cm³/mol. The fraction of sp³-hybridized carbons (Fsp3) is 0.538. The van der Waals surface area contributed by atoms with Gasteiger partial charge in [0.15, 0.2) is 0 Å². The number of nitrogens with one attached hydrogen (secondary N) is 2. The summed E-state index contributed by atoms with van der Waals surface area (Å²) in [5, 5.41) is 11.8. The second-order valence-corrected chi connectivity index (χ2v) is 5.59. The molecule has 0 bridgehead atoms. The summed E-state index contributed by atoms with van der Waals surface area (Å²) in [5.41, 5.74) is 0.357. The maximum absolute atomic E-state index is 11.7. The van der Waals surface area contributed by atoms with Crippen molar-refractivity contribution in [2.45, 2.75) is 27.2 Å². The van der Waals surface area contributed by atoms with Crippen LogP contribution in [0.1, 0.15) is 37.7 Å². The Labute approximate surface area is 107 Å². The summed E-state index contributed by atoms with van der Waals surface area (Å²) < 4.78 is 0. The first-order chi connectivity index (χ1) is 8.29. The second-order valence-electron chi connectivity index (χ2n) is 5.59. The Morgan fingerprint density at radius 2 is 2.11 bits per heavy atom. The Kier molecular flexibility index (Phi) is 4.53. The summed E-state index contributed by atoms with van der Waals surface area (Å²) in [5.74, 6) is -1.72. The van der Waals surface area contributed by atoms with E-state index in [0.717, 1.165) is 0 Å². The van der Waals surface area contributed by atoms with Crippen molar-refractivity contribution >= 4 is 11.9 Å². The first kappa shape index (κ1) is 14.3. The van der Waals surface area contributed by atoms with Gasteiger partial charge in [0.1, 0.15) is 5.69 Å². The van der Waals surface area contributed by atoms with Crippen molar-refractivity contribution in [3.05, 3.63) is 24.0 Å². The molecule has 1 aromatic rings. The molecule has 0 aliphatic heterocycles. The number of hydrogen-bond acceptors (Lipinski definition) is 2. The van der Waals surface area contributed by atoms with Gasteiger partial charge in [-0.25, -0.2) is 0 Å². The molecular weight excluding hydrogens is 232 g/mol. The van der Waals surface area contributed by atoms with E-state index in [4.69, 9.17) is 5.11 Å². The summed E-state index contributed by atoms with van der Waals surface area (Å²) >= 11 is 0. The largest absolute Gasteiger partial charge is 0.481 e. The second kappa shape index (κ2) is 5.71. The molecule has 0 spiro atoms. The van der Waals surface area contributed by atoms with Gasteiger partial charge in [-0.1, -0.05) is 20.8 Å². The normalized spacial score (nSPS) is 13.1. The number of H-pyrrole nitrogens is 1. The highest BCUT2D eigenvalue weighted by Gasteiger charge is 2.25. The molecule has 0 aliphatic rings. The van der Waals surface area contributed by atoms with Crippen LogP contribution in [0, 0.1) is 11.3 Å². The summed E-state index contributed by atoms with van der Waals surface area (Å²) in [6, 6.07) is 3.37. The average molecular weight is 252 g/mol. The first-order valence-electron chi connectivity index (χ1n) is 5.94. The van der Waals surface area contributed by atoms with Crippen molar-refractivity contribution in [1.82, 2.24) is 10.3 Å². The zero-order chi connectivity index (χ0) is 13.8. The van der Waals surface area contributed by atoms with Crippen molar-refractivity contribution < 1.29 is 14.7 Å². The molecule has 5 heteroatoms. The number of aliphatic carboxylic acids is 1. The highest BCUT2D eigenvalue weighted by Crippen LogP contribution is 2.24. The van der Waals surface area contributed by atoms with Crippen LogP contribution in [0.15, 0.2) is 18.3 Å². The lowest BCUT2D eigenvalue weighted by Gasteiger charge is -2.23. The molecule has 0 saturated carbocycles. The summed E-state index contributed by atoms with van der Waals surface area (Å²) in [6.45, 7) is 6.09. The molecule has 3 N–H and O–H groups in total. The molecule has 1 rings (SSSR count). The number of hydrogen-bond donors (Lipinski definition) is 3. The van der Waals surface area contributed by atoms with Crippen LogP contribution in [-0.4, -0.2) is 28.5 Å². The van der Waals surface area contributed by atoms with E-state index in [1.807, 2.05) is 20.8 Å². The SMILES string of the molecule is CC(C)(C)CC(CNC(=O)c1ccc[nH]1)C(=O)O. The molecule has 0 aliphatic carbocycles. The molecule has 1 heterocycles. The van der Waals surface area contributed by atoms with Crippen LogP contribution in [0.2, 0.25) is 0 Å². The molecule has 1 atom stereocenters. The Hall–Kier alpha value is -1.78. The zero-order valence-electron chi connectivity index (χ0n) is 11.0. The van der Waals surface area contributed by atoms with E-state index in [1.54, 1.807) is 18.3 Å². The standard InChI is InChI=1S/C13H20N2O3/c1-13(2,3)7-9(12(17)18)8-15-11(16)10-5-4-6-14-10/h4-6,9,14H,7-8H2,1-3H3,(H,15,16)(H,17,18). The summed E-state index contributed by atoms with van der Waals surface area (Å²) in [7, 11) is 0. The third-order valence-electron chi connectivity index (χ3n) is 2.56. The Balaban J connectivity index is 2.53. The number of aromatic amines is 1. The number of rotatable bonds is 5. The highest BCUT2D eigenvalue weighted by atomic mass is 16.4. The van der Waals surface area contributed by atoms with Crippen molar-refractivity contribution in [2.24, 2.45) is 11.3 Å². The lowest BCUT2D eigenvalue weighted by molar-refractivity contribution is -0.142.